The molecule has 2 unspecified atom stereocenters. The zero-order chi connectivity index (χ0) is 51.7. The quantitative estimate of drug-likeness (QED) is 0.0507. The van der Waals surface area contributed by atoms with Crippen molar-refractivity contribution < 1.29 is 52.1 Å². The molecule has 18 heteroatoms. The zero-order valence-corrected chi connectivity index (χ0v) is 42.9. The minimum Gasteiger partial charge on any atom is -0.465 e. The summed E-state index contributed by atoms with van der Waals surface area (Å²) in [6.07, 6.45) is 6.39. The first-order chi connectivity index (χ1) is 33.7. The molecule has 3 heterocycles. The standard InChI is InChI=1S/C53H72F2N6O9S/c1-52(2,3)49-38(20-25-60(49)51(67)68)35-61(50(53(4,5)6)43-31-39(41-32-40(54)16-17-42(41)55)34-58(43)33-37-13-9-7-10-14-37)48(66)36-71-30-21-45(63)57-23-27-70-29-28-69-26-22-56-44(62)15-11-8-12-24-59-46(64)18-19-47(59)65/h7,9-10,13-14,16-19,31-32,34,38,49-50H,8,11-12,15,20-30,33,35-36H2,1-6H3,(H,56,62)(H,57,63)(H,67,68)/t38?,49?,50-/m0/s1. The molecule has 0 radical (unpaired) electrons. The Bertz CT molecular complexity index is 2300. The van der Waals surface area contributed by atoms with Gasteiger partial charge >= 0.3 is 6.09 Å². The highest BCUT2D eigenvalue weighted by Gasteiger charge is 2.47. The van der Waals surface area contributed by atoms with Crippen LogP contribution in [0, 0.1) is 28.4 Å². The molecule has 6 amide bonds. The van der Waals surface area contributed by atoms with Gasteiger partial charge in [0.2, 0.25) is 17.7 Å². The molecule has 0 spiro atoms. The Morgan fingerprint density at radius 3 is 2.11 bits per heavy atom. The molecule has 0 bridgehead atoms. The first-order valence-corrected chi connectivity index (χ1v) is 25.7. The number of imide groups is 1. The topological polar surface area (TPSA) is 180 Å². The molecule has 1 fully saturated rings. The van der Waals surface area contributed by atoms with E-state index in [1.165, 1.54) is 39.8 Å². The number of thioether (sulfide) groups is 1. The van der Waals surface area contributed by atoms with E-state index < -0.39 is 34.6 Å². The van der Waals surface area contributed by atoms with Crippen LogP contribution in [0.25, 0.3) is 11.1 Å². The fourth-order valence-electron chi connectivity index (χ4n) is 9.47. The molecule has 5 rings (SSSR count). The van der Waals surface area contributed by atoms with Gasteiger partial charge in [-0.1, -0.05) is 78.3 Å². The van der Waals surface area contributed by atoms with Gasteiger partial charge in [0.15, 0.2) is 0 Å². The SMILES string of the molecule is CC(C)(C)C1C(CN(C(=O)CSCCC(=O)NCCOCCOCCNC(=O)CCCCCN2C(=O)C=CC2=O)[C@@H](c2cc(-c3cc(F)ccc3F)cn2Cc2ccccc2)C(C)(C)C)CCN1C(=O)O. The summed E-state index contributed by atoms with van der Waals surface area (Å²) in [5.41, 5.74) is 1.23. The van der Waals surface area contributed by atoms with Crippen LogP contribution >= 0.6 is 11.8 Å². The van der Waals surface area contributed by atoms with Gasteiger partial charge in [0, 0.05) is 99.1 Å². The minimum atomic E-state index is -1.00. The number of hydrogen-bond donors (Lipinski definition) is 3. The van der Waals surface area contributed by atoms with Crippen LogP contribution in [0.5, 0.6) is 0 Å². The molecular formula is C53H72F2N6O9S. The average molecular weight is 1010 g/mol. The highest BCUT2D eigenvalue weighted by Crippen LogP contribution is 2.44. The third kappa shape index (κ3) is 17.0. The van der Waals surface area contributed by atoms with Crippen molar-refractivity contribution in [2.24, 2.45) is 16.7 Å². The number of carbonyl (C=O) groups is 6. The lowest BCUT2D eigenvalue weighted by Crippen LogP contribution is -2.51. The van der Waals surface area contributed by atoms with E-state index in [0.29, 0.717) is 83.0 Å². The van der Waals surface area contributed by atoms with Crippen LogP contribution in [0.4, 0.5) is 13.6 Å². The third-order valence-electron chi connectivity index (χ3n) is 12.6. The van der Waals surface area contributed by atoms with Crippen molar-refractivity contribution in [2.45, 2.75) is 98.7 Å². The summed E-state index contributed by atoms with van der Waals surface area (Å²) in [6, 6.07) is 14.0. The van der Waals surface area contributed by atoms with Gasteiger partial charge in [-0.15, -0.1) is 0 Å². The maximum atomic E-state index is 15.4. The first-order valence-electron chi connectivity index (χ1n) is 24.5. The van der Waals surface area contributed by atoms with Crippen LogP contribution in [0.1, 0.15) is 97.4 Å². The lowest BCUT2D eigenvalue weighted by Gasteiger charge is -2.44. The molecule has 0 saturated carbocycles. The number of benzene rings is 2. The van der Waals surface area contributed by atoms with Gasteiger partial charge in [-0.25, -0.2) is 13.6 Å². The second-order valence-corrected chi connectivity index (χ2v) is 21.3. The predicted octanol–water partition coefficient (Wildman–Crippen LogP) is 7.69. The van der Waals surface area contributed by atoms with Crippen molar-refractivity contribution >= 4 is 47.4 Å². The van der Waals surface area contributed by atoms with Crippen molar-refractivity contribution in [2.75, 3.05) is 70.7 Å². The predicted molar refractivity (Wildman–Crippen MR) is 269 cm³/mol. The highest BCUT2D eigenvalue weighted by molar-refractivity contribution is 7.99. The molecule has 1 saturated heterocycles. The summed E-state index contributed by atoms with van der Waals surface area (Å²) >= 11 is 1.34. The number of nitrogens with zero attached hydrogens (tertiary/aromatic N) is 4. The number of carbonyl (C=O) groups excluding carboxylic acids is 5. The zero-order valence-electron chi connectivity index (χ0n) is 42.1. The van der Waals surface area contributed by atoms with E-state index >= 15 is 4.39 Å². The van der Waals surface area contributed by atoms with Crippen LogP contribution in [-0.2, 0) is 40.0 Å². The van der Waals surface area contributed by atoms with Crippen molar-refractivity contribution in [1.29, 1.82) is 0 Å². The Hall–Kier alpha value is -5.59. The molecule has 1 aromatic heterocycles. The molecule has 0 aliphatic carbocycles. The maximum Gasteiger partial charge on any atom is 0.407 e. The van der Waals surface area contributed by atoms with Gasteiger partial charge < -0.3 is 39.6 Å². The lowest BCUT2D eigenvalue weighted by atomic mass is 9.78. The molecule has 71 heavy (non-hydrogen) atoms. The fraction of sp³-hybridized carbons (Fsp3) is 0.547. The molecule has 388 valence electrons. The second-order valence-electron chi connectivity index (χ2n) is 20.2. The van der Waals surface area contributed by atoms with Crippen LogP contribution in [0.3, 0.4) is 0 Å². The highest BCUT2D eigenvalue weighted by atomic mass is 32.2. The van der Waals surface area contributed by atoms with Crippen molar-refractivity contribution in [3.05, 3.63) is 95.8 Å². The maximum absolute atomic E-state index is 15.4. The summed E-state index contributed by atoms with van der Waals surface area (Å²) < 4.78 is 43.1. The van der Waals surface area contributed by atoms with Crippen molar-refractivity contribution in [1.82, 2.24) is 29.9 Å². The second kappa shape index (κ2) is 26.7. The summed E-state index contributed by atoms with van der Waals surface area (Å²) in [5.74, 6) is -2.00. The molecule has 2 aliphatic rings. The van der Waals surface area contributed by atoms with Crippen molar-refractivity contribution in [3.8, 4) is 11.1 Å². The number of aromatic nitrogens is 1. The summed E-state index contributed by atoms with van der Waals surface area (Å²) in [6.45, 7) is 15.3. The van der Waals surface area contributed by atoms with Gasteiger partial charge in [-0.3, -0.25) is 28.9 Å². The Balaban J connectivity index is 1.13. The third-order valence-corrected chi connectivity index (χ3v) is 13.5. The molecule has 15 nitrogen and oxygen atoms in total. The number of carboxylic acid groups (broad SMARTS) is 1. The molecule has 3 atom stereocenters. The number of hydrogen-bond acceptors (Lipinski definition) is 9. The molecule has 2 aliphatic heterocycles. The number of nitrogens with one attached hydrogen (secondary N) is 2. The van der Waals surface area contributed by atoms with E-state index in [-0.39, 0.29) is 78.9 Å². The van der Waals surface area contributed by atoms with Crippen LogP contribution in [-0.4, -0.2) is 137 Å². The number of likely N-dealkylation sites (tertiary alicyclic amines) is 1. The average Bonchev–Trinajstić information content (AvgIpc) is 4.02. The van der Waals surface area contributed by atoms with Gasteiger partial charge in [-0.05, 0) is 65.8 Å². The van der Waals surface area contributed by atoms with Gasteiger partial charge in [0.05, 0.1) is 38.2 Å². The Kier molecular flexibility index (Phi) is 21.2. The van der Waals surface area contributed by atoms with E-state index in [1.54, 1.807) is 6.20 Å². The van der Waals surface area contributed by atoms with Gasteiger partial charge in [0.25, 0.3) is 11.8 Å². The Morgan fingerprint density at radius 2 is 1.49 bits per heavy atom. The van der Waals surface area contributed by atoms with Crippen LogP contribution in [0.15, 0.2) is 72.9 Å². The monoisotopic (exact) mass is 1010 g/mol. The number of halogens is 2. The molecular weight excluding hydrogens is 935 g/mol. The summed E-state index contributed by atoms with van der Waals surface area (Å²) in [4.78, 5) is 80.0. The van der Waals surface area contributed by atoms with E-state index in [1.807, 2.05) is 87.4 Å². The van der Waals surface area contributed by atoms with Crippen LogP contribution < -0.4 is 10.6 Å². The van der Waals surface area contributed by atoms with E-state index in [2.05, 4.69) is 10.6 Å². The van der Waals surface area contributed by atoms with Crippen molar-refractivity contribution in [3.63, 3.8) is 0 Å². The fourth-order valence-corrected chi connectivity index (χ4v) is 10.3. The lowest BCUT2D eigenvalue weighted by molar-refractivity contribution is -0.137. The normalized spacial score (nSPS) is 16.5. The summed E-state index contributed by atoms with van der Waals surface area (Å²) in [5, 5.41) is 15.9. The number of unbranched alkanes of at least 4 members (excludes halogenated alkanes) is 2. The summed E-state index contributed by atoms with van der Waals surface area (Å²) in [7, 11) is 0. The number of ether oxygens (including phenoxy) is 2. The van der Waals surface area contributed by atoms with E-state index in [4.69, 9.17) is 9.47 Å². The smallest absolute Gasteiger partial charge is 0.407 e. The van der Waals surface area contributed by atoms with Gasteiger partial charge in [-0.2, -0.15) is 11.8 Å². The van der Waals surface area contributed by atoms with Crippen LogP contribution in [0.2, 0.25) is 0 Å². The van der Waals surface area contributed by atoms with E-state index in [9.17, 15) is 38.3 Å². The van der Waals surface area contributed by atoms with E-state index in [0.717, 1.165) is 29.8 Å². The Labute approximate surface area is 421 Å². The Morgan fingerprint density at radius 1 is 0.845 bits per heavy atom. The molecule has 3 aromatic rings. The minimum absolute atomic E-state index is 0.0539. The largest absolute Gasteiger partial charge is 0.465 e. The number of amides is 6. The first kappa shape index (κ1) is 56.3. The molecule has 2 aromatic carbocycles. The van der Waals surface area contributed by atoms with Gasteiger partial charge in [0.1, 0.15) is 11.6 Å². The molecule has 3 N–H and O–H groups in total. The number of rotatable bonds is 27.